The van der Waals surface area contributed by atoms with Crippen molar-refractivity contribution in [1.82, 2.24) is 4.98 Å². The minimum Gasteiger partial charge on any atom is -0.365 e. The Labute approximate surface area is 91.3 Å². The van der Waals surface area contributed by atoms with Gasteiger partial charge in [0.05, 0.1) is 11.4 Å². The third-order valence-electron chi connectivity index (χ3n) is 3.25. The van der Waals surface area contributed by atoms with Crippen molar-refractivity contribution in [2.75, 3.05) is 11.4 Å². The summed E-state index contributed by atoms with van der Waals surface area (Å²) in [5.41, 5.74) is 8.18. The molecule has 3 heteroatoms. The maximum atomic E-state index is 5.72. The average molecular weight is 205 g/mol. The number of pyridine rings is 1. The lowest BCUT2D eigenvalue weighted by molar-refractivity contribution is 0.516. The Morgan fingerprint density at radius 1 is 1.53 bits per heavy atom. The molecule has 82 valence electrons. The van der Waals surface area contributed by atoms with Gasteiger partial charge in [-0.05, 0) is 38.8 Å². The van der Waals surface area contributed by atoms with Gasteiger partial charge in [0.25, 0.3) is 0 Å². The first-order chi connectivity index (χ1) is 7.15. The number of nitrogens with zero attached hydrogens (tertiary/aromatic N) is 2. The van der Waals surface area contributed by atoms with Crippen LogP contribution in [0.1, 0.15) is 32.4 Å². The van der Waals surface area contributed by atoms with Crippen molar-refractivity contribution in [1.29, 1.82) is 0 Å². The van der Waals surface area contributed by atoms with Crippen molar-refractivity contribution in [3.05, 3.63) is 24.0 Å². The van der Waals surface area contributed by atoms with E-state index < -0.39 is 0 Å². The van der Waals surface area contributed by atoms with Crippen molar-refractivity contribution < 1.29 is 0 Å². The second kappa shape index (κ2) is 3.81. The van der Waals surface area contributed by atoms with E-state index in [4.69, 9.17) is 5.73 Å². The van der Waals surface area contributed by atoms with E-state index in [0.29, 0.717) is 6.54 Å². The molecule has 1 fully saturated rings. The van der Waals surface area contributed by atoms with Gasteiger partial charge in [-0.15, -0.1) is 0 Å². The lowest BCUT2D eigenvalue weighted by Crippen LogP contribution is -2.39. The van der Waals surface area contributed by atoms with Gasteiger partial charge < -0.3 is 10.6 Å². The van der Waals surface area contributed by atoms with Crippen LogP contribution in [0.4, 0.5) is 5.69 Å². The predicted octanol–water partition coefficient (Wildman–Crippen LogP) is 1.92. The minimum absolute atomic E-state index is 0.243. The molecule has 1 aliphatic rings. The molecule has 0 radical (unpaired) electrons. The lowest BCUT2D eigenvalue weighted by atomic mass is 10.0. The number of anilines is 1. The fraction of sp³-hybridized carbons (Fsp3) is 0.583. The van der Waals surface area contributed by atoms with Gasteiger partial charge >= 0.3 is 0 Å². The highest BCUT2D eigenvalue weighted by Crippen LogP contribution is 2.34. The zero-order valence-corrected chi connectivity index (χ0v) is 9.53. The van der Waals surface area contributed by atoms with Gasteiger partial charge in [-0.25, -0.2) is 0 Å². The van der Waals surface area contributed by atoms with E-state index in [9.17, 15) is 0 Å². The molecule has 0 amide bonds. The highest BCUT2D eigenvalue weighted by molar-refractivity contribution is 5.53. The Kier molecular flexibility index (Phi) is 2.65. The van der Waals surface area contributed by atoms with Gasteiger partial charge in [0.15, 0.2) is 0 Å². The van der Waals surface area contributed by atoms with Crippen molar-refractivity contribution >= 4 is 5.69 Å². The first kappa shape index (κ1) is 10.4. The van der Waals surface area contributed by atoms with Crippen LogP contribution < -0.4 is 10.6 Å². The second-order valence-electron chi connectivity index (χ2n) is 4.74. The lowest BCUT2D eigenvalue weighted by Gasteiger charge is -2.34. The Balaban J connectivity index is 2.36. The van der Waals surface area contributed by atoms with Gasteiger partial charge in [0, 0.05) is 24.8 Å². The van der Waals surface area contributed by atoms with E-state index in [2.05, 4.69) is 29.8 Å². The summed E-state index contributed by atoms with van der Waals surface area (Å²) in [5.74, 6) is 0. The van der Waals surface area contributed by atoms with E-state index in [1.165, 1.54) is 18.5 Å². The van der Waals surface area contributed by atoms with E-state index >= 15 is 0 Å². The van der Waals surface area contributed by atoms with Gasteiger partial charge in [-0.2, -0.15) is 0 Å². The summed E-state index contributed by atoms with van der Waals surface area (Å²) in [6.07, 6.45) is 4.31. The van der Waals surface area contributed by atoms with E-state index in [1.807, 2.05) is 12.3 Å². The largest absolute Gasteiger partial charge is 0.365 e. The first-order valence-electron chi connectivity index (χ1n) is 5.57. The molecule has 1 aromatic rings. The molecule has 3 nitrogen and oxygen atoms in total. The van der Waals surface area contributed by atoms with Crippen molar-refractivity contribution in [3.63, 3.8) is 0 Å². The van der Waals surface area contributed by atoms with Crippen LogP contribution in [0.25, 0.3) is 0 Å². The molecule has 1 aliphatic heterocycles. The number of nitrogens with two attached hydrogens (primary N) is 1. The number of hydrogen-bond acceptors (Lipinski definition) is 3. The number of rotatable bonds is 2. The Morgan fingerprint density at radius 2 is 2.33 bits per heavy atom. The molecule has 1 aromatic heterocycles. The molecule has 0 unspecified atom stereocenters. The maximum Gasteiger partial charge on any atom is 0.0772 e. The van der Waals surface area contributed by atoms with Crippen LogP contribution in [-0.2, 0) is 6.54 Å². The summed E-state index contributed by atoms with van der Waals surface area (Å²) in [7, 11) is 0. The van der Waals surface area contributed by atoms with E-state index in [0.717, 1.165) is 12.2 Å². The summed E-state index contributed by atoms with van der Waals surface area (Å²) in [6.45, 7) is 6.20. The maximum absolute atomic E-state index is 5.72. The molecule has 0 aromatic carbocycles. The first-order valence-corrected chi connectivity index (χ1v) is 5.57. The van der Waals surface area contributed by atoms with Crippen LogP contribution in [-0.4, -0.2) is 17.1 Å². The molecule has 15 heavy (non-hydrogen) atoms. The highest BCUT2D eigenvalue weighted by atomic mass is 15.2. The topological polar surface area (TPSA) is 42.2 Å². The average Bonchev–Trinajstić information content (AvgIpc) is 2.58. The molecule has 0 saturated carbocycles. The second-order valence-corrected chi connectivity index (χ2v) is 4.74. The molecule has 2 N–H and O–H groups in total. The predicted molar refractivity (Wildman–Crippen MR) is 62.8 cm³/mol. The van der Waals surface area contributed by atoms with Crippen LogP contribution in [0, 0.1) is 0 Å². The van der Waals surface area contributed by atoms with Crippen LogP contribution in [0.5, 0.6) is 0 Å². The Morgan fingerprint density at radius 3 is 2.93 bits per heavy atom. The summed E-state index contributed by atoms with van der Waals surface area (Å²) in [6, 6.07) is 4.12. The zero-order chi connectivity index (χ0) is 10.9. The summed E-state index contributed by atoms with van der Waals surface area (Å²) in [5, 5.41) is 0. The number of hydrogen-bond donors (Lipinski definition) is 1. The van der Waals surface area contributed by atoms with Crippen LogP contribution in [0.3, 0.4) is 0 Å². The smallest absolute Gasteiger partial charge is 0.0772 e. The molecule has 0 spiro atoms. The van der Waals surface area contributed by atoms with Gasteiger partial charge in [0.1, 0.15) is 0 Å². The minimum atomic E-state index is 0.243. The molecular formula is C12H19N3. The van der Waals surface area contributed by atoms with E-state index in [-0.39, 0.29) is 5.54 Å². The fourth-order valence-corrected chi connectivity index (χ4v) is 2.39. The summed E-state index contributed by atoms with van der Waals surface area (Å²) in [4.78, 5) is 6.77. The summed E-state index contributed by atoms with van der Waals surface area (Å²) < 4.78 is 0. The Hall–Kier alpha value is -1.09. The van der Waals surface area contributed by atoms with Gasteiger partial charge in [-0.3, -0.25) is 4.98 Å². The quantitative estimate of drug-likeness (QED) is 0.802. The standard InChI is InChI=1S/C12H19N3/c1-12(2)6-4-8-15(12)11-5-3-7-14-10(11)9-13/h3,5,7H,4,6,8-9,13H2,1-2H3. The van der Waals surface area contributed by atoms with Crippen molar-refractivity contribution in [2.45, 2.75) is 38.8 Å². The highest BCUT2D eigenvalue weighted by Gasteiger charge is 2.32. The molecule has 0 atom stereocenters. The molecular weight excluding hydrogens is 186 g/mol. The third-order valence-corrected chi connectivity index (χ3v) is 3.25. The third kappa shape index (κ3) is 1.84. The molecule has 2 rings (SSSR count). The van der Waals surface area contributed by atoms with Gasteiger partial charge in [0.2, 0.25) is 0 Å². The van der Waals surface area contributed by atoms with Crippen molar-refractivity contribution in [2.24, 2.45) is 5.73 Å². The fourth-order valence-electron chi connectivity index (χ4n) is 2.39. The molecule has 0 aliphatic carbocycles. The summed E-state index contributed by atoms with van der Waals surface area (Å²) >= 11 is 0. The molecule has 0 bridgehead atoms. The molecule has 2 heterocycles. The number of aromatic nitrogens is 1. The Bertz CT molecular complexity index is 346. The monoisotopic (exact) mass is 205 g/mol. The van der Waals surface area contributed by atoms with E-state index in [1.54, 1.807) is 0 Å². The van der Waals surface area contributed by atoms with Gasteiger partial charge in [-0.1, -0.05) is 0 Å². The molecule has 1 saturated heterocycles. The van der Waals surface area contributed by atoms with Crippen molar-refractivity contribution in [3.8, 4) is 0 Å². The normalized spacial score (nSPS) is 19.5. The SMILES string of the molecule is CC1(C)CCCN1c1cccnc1CN. The van der Waals surface area contributed by atoms with Crippen LogP contribution in [0.2, 0.25) is 0 Å². The van der Waals surface area contributed by atoms with Crippen LogP contribution in [0.15, 0.2) is 18.3 Å². The van der Waals surface area contributed by atoms with Crippen LogP contribution >= 0.6 is 0 Å². The zero-order valence-electron chi connectivity index (χ0n) is 9.53.